The van der Waals surface area contributed by atoms with Gasteiger partial charge in [0, 0.05) is 17.6 Å². The molecule has 0 aliphatic rings. The van der Waals surface area contributed by atoms with Gasteiger partial charge in [0.05, 0.1) is 6.54 Å². The molecule has 1 unspecified atom stereocenters. The Morgan fingerprint density at radius 2 is 1.77 bits per heavy atom. The summed E-state index contributed by atoms with van der Waals surface area (Å²) < 4.78 is 0. The van der Waals surface area contributed by atoms with Crippen LogP contribution in [0, 0.1) is 0 Å². The molecule has 0 radical (unpaired) electrons. The average molecular weight is 317 g/mol. The number of benzene rings is 2. The molecule has 0 saturated carbocycles. The molecule has 0 fully saturated rings. The van der Waals surface area contributed by atoms with Gasteiger partial charge in [0.25, 0.3) is 0 Å². The van der Waals surface area contributed by atoms with Crippen molar-refractivity contribution in [2.45, 2.75) is 25.9 Å². The van der Waals surface area contributed by atoms with E-state index < -0.39 is 0 Å². The molecule has 2 aromatic carbocycles. The van der Waals surface area contributed by atoms with Gasteiger partial charge >= 0.3 is 0 Å². The molecule has 0 aromatic heterocycles. The van der Waals surface area contributed by atoms with Crippen molar-refractivity contribution in [2.75, 3.05) is 6.54 Å². The van der Waals surface area contributed by atoms with Crippen molar-refractivity contribution in [1.29, 1.82) is 0 Å². The van der Waals surface area contributed by atoms with E-state index in [1.165, 1.54) is 5.56 Å². The summed E-state index contributed by atoms with van der Waals surface area (Å²) in [4.78, 5) is 12.0. The molecule has 0 bridgehead atoms. The maximum absolute atomic E-state index is 12.0. The van der Waals surface area contributed by atoms with E-state index in [4.69, 9.17) is 11.6 Å². The lowest BCUT2D eigenvalue weighted by Gasteiger charge is -2.17. The van der Waals surface area contributed by atoms with Crippen molar-refractivity contribution in [3.05, 3.63) is 70.7 Å². The molecule has 0 heterocycles. The lowest BCUT2D eigenvalue weighted by molar-refractivity contribution is -0.120. The molecule has 0 aliphatic heterocycles. The second kappa shape index (κ2) is 8.57. The maximum atomic E-state index is 12.0. The minimum Gasteiger partial charge on any atom is -0.351 e. The summed E-state index contributed by atoms with van der Waals surface area (Å²) in [5, 5.41) is 6.85. The van der Waals surface area contributed by atoms with E-state index in [0.717, 1.165) is 12.0 Å². The highest BCUT2D eigenvalue weighted by molar-refractivity contribution is 6.31. The van der Waals surface area contributed by atoms with Gasteiger partial charge in [0.2, 0.25) is 5.91 Å². The van der Waals surface area contributed by atoms with Crippen LogP contribution in [0.1, 0.15) is 30.5 Å². The largest absolute Gasteiger partial charge is 0.351 e. The zero-order valence-electron chi connectivity index (χ0n) is 12.7. The summed E-state index contributed by atoms with van der Waals surface area (Å²) in [5.74, 6) is -0.0331. The molecule has 22 heavy (non-hydrogen) atoms. The Labute approximate surface area is 136 Å². The van der Waals surface area contributed by atoms with Gasteiger partial charge in [-0.05, 0) is 23.6 Å². The molecule has 0 aliphatic carbocycles. The summed E-state index contributed by atoms with van der Waals surface area (Å²) in [6, 6.07) is 17.9. The van der Waals surface area contributed by atoms with Gasteiger partial charge in [-0.2, -0.15) is 0 Å². The van der Waals surface area contributed by atoms with Crippen LogP contribution in [0.4, 0.5) is 0 Å². The van der Waals surface area contributed by atoms with Gasteiger partial charge < -0.3 is 10.6 Å². The Morgan fingerprint density at radius 1 is 1.09 bits per heavy atom. The number of carbonyl (C=O) groups excluding carboxylic acids is 1. The average Bonchev–Trinajstić information content (AvgIpc) is 2.55. The highest BCUT2D eigenvalue weighted by Crippen LogP contribution is 2.16. The molecule has 1 amide bonds. The summed E-state index contributed by atoms with van der Waals surface area (Å²) in [5.41, 5.74) is 2.12. The quantitative estimate of drug-likeness (QED) is 0.818. The van der Waals surface area contributed by atoms with Gasteiger partial charge in [-0.3, -0.25) is 4.79 Å². The molecule has 2 rings (SSSR count). The molecule has 116 valence electrons. The highest BCUT2D eigenvalue weighted by atomic mass is 35.5. The fraction of sp³-hybridized carbons (Fsp3) is 0.278. The molecule has 3 nitrogen and oxygen atoms in total. The summed E-state index contributed by atoms with van der Waals surface area (Å²) in [7, 11) is 0. The molecule has 1 atom stereocenters. The predicted octanol–water partition coefficient (Wildman–Crippen LogP) is 3.70. The number of hydrogen-bond donors (Lipinski definition) is 2. The molecule has 0 spiro atoms. The van der Waals surface area contributed by atoms with E-state index in [2.05, 4.69) is 29.7 Å². The van der Waals surface area contributed by atoms with Gasteiger partial charge in [-0.1, -0.05) is 67.1 Å². The van der Waals surface area contributed by atoms with Gasteiger partial charge in [0.15, 0.2) is 0 Å². The number of halogens is 1. The predicted molar refractivity (Wildman–Crippen MR) is 90.8 cm³/mol. The van der Waals surface area contributed by atoms with E-state index in [9.17, 15) is 4.79 Å². The van der Waals surface area contributed by atoms with Crippen molar-refractivity contribution in [2.24, 2.45) is 0 Å². The van der Waals surface area contributed by atoms with E-state index >= 15 is 0 Å². The molecular formula is C18H21ClN2O. The minimum atomic E-state index is -0.0331. The van der Waals surface area contributed by atoms with Crippen LogP contribution in [-0.4, -0.2) is 12.5 Å². The first-order valence-electron chi connectivity index (χ1n) is 7.49. The van der Waals surface area contributed by atoms with Crippen LogP contribution >= 0.6 is 11.6 Å². The smallest absolute Gasteiger partial charge is 0.234 e. The van der Waals surface area contributed by atoms with Crippen LogP contribution in [-0.2, 0) is 11.3 Å². The zero-order chi connectivity index (χ0) is 15.8. The van der Waals surface area contributed by atoms with Crippen LogP contribution in [0.5, 0.6) is 0 Å². The van der Waals surface area contributed by atoms with E-state index in [1.807, 2.05) is 42.5 Å². The number of hydrogen-bond acceptors (Lipinski definition) is 2. The summed E-state index contributed by atoms with van der Waals surface area (Å²) >= 11 is 6.07. The zero-order valence-corrected chi connectivity index (χ0v) is 13.4. The number of carbonyl (C=O) groups is 1. The van der Waals surface area contributed by atoms with Crippen LogP contribution in [0.25, 0.3) is 0 Å². The highest BCUT2D eigenvalue weighted by Gasteiger charge is 2.10. The Hall–Kier alpha value is -1.84. The van der Waals surface area contributed by atoms with Gasteiger partial charge in [-0.15, -0.1) is 0 Å². The Balaban J connectivity index is 1.81. The van der Waals surface area contributed by atoms with E-state index in [-0.39, 0.29) is 18.5 Å². The summed E-state index contributed by atoms with van der Waals surface area (Å²) in [6.07, 6.45) is 0.932. The third-order valence-electron chi connectivity index (χ3n) is 3.55. The lowest BCUT2D eigenvalue weighted by Crippen LogP contribution is -2.35. The lowest BCUT2D eigenvalue weighted by atomic mass is 10.0. The second-order valence-corrected chi connectivity index (χ2v) is 5.53. The van der Waals surface area contributed by atoms with Gasteiger partial charge in [-0.25, -0.2) is 0 Å². The molecular weight excluding hydrogens is 296 g/mol. The first-order valence-corrected chi connectivity index (χ1v) is 7.87. The Morgan fingerprint density at radius 3 is 2.45 bits per heavy atom. The Bertz CT molecular complexity index is 601. The number of amides is 1. The second-order valence-electron chi connectivity index (χ2n) is 5.12. The Kier molecular flexibility index (Phi) is 6.44. The number of rotatable bonds is 7. The van der Waals surface area contributed by atoms with Gasteiger partial charge in [0.1, 0.15) is 0 Å². The van der Waals surface area contributed by atoms with Crippen molar-refractivity contribution in [3.63, 3.8) is 0 Å². The summed E-state index contributed by atoms with van der Waals surface area (Å²) in [6.45, 7) is 2.84. The molecule has 2 N–H and O–H groups in total. The van der Waals surface area contributed by atoms with Crippen molar-refractivity contribution in [1.82, 2.24) is 10.6 Å². The monoisotopic (exact) mass is 316 g/mol. The van der Waals surface area contributed by atoms with Crippen molar-refractivity contribution < 1.29 is 4.79 Å². The van der Waals surface area contributed by atoms with Crippen LogP contribution in [0.3, 0.4) is 0 Å². The first-order chi connectivity index (χ1) is 10.7. The van der Waals surface area contributed by atoms with Crippen LogP contribution in [0.15, 0.2) is 54.6 Å². The molecule has 2 aromatic rings. The normalized spacial score (nSPS) is 11.9. The minimum absolute atomic E-state index is 0.0331. The van der Waals surface area contributed by atoms with Crippen molar-refractivity contribution >= 4 is 17.5 Å². The standard InChI is InChI=1S/C18H21ClN2O/c1-2-17(14-8-4-3-5-9-14)20-13-18(22)21-12-15-10-6-7-11-16(15)19/h3-11,17,20H,2,12-13H2,1H3,(H,21,22). The molecule has 0 saturated heterocycles. The maximum Gasteiger partial charge on any atom is 0.234 e. The fourth-order valence-corrected chi connectivity index (χ4v) is 2.50. The third kappa shape index (κ3) is 4.86. The fourth-order valence-electron chi connectivity index (χ4n) is 2.30. The van der Waals surface area contributed by atoms with E-state index in [1.54, 1.807) is 0 Å². The van der Waals surface area contributed by atoms with Crippen LogP contribution in [0.2, 0.25) is 5.02 Å². The SMILES string of the molecule is CCC(NCC(=O)NCc1ccccc1Cl)c1ccccc1. The van der Waals surface area contributed by atoms with Crippen molar-refractivity contribution in [3.8, 4) is 0 Å². The first kappa shape index (κ1) is 16.5. The third-order valence-corrected chi connectivity index (χ3v) is 3.92. The van der Waals surface area contributed by atoms with E-state index in [0.29, 0.717) is 11.6 Å². The number of nitrogens with one attached hydrogen (secondary N) is 2. The molecule has 4 heteroatoms. The topological polar surface area (TPSA) is 41.1 Å². The van der Waals surface area contributed by atoms with Crippen LogP contribution < -0.4 is 10.6 Å².